The monoisotopic (exact) mass is 282 g/mol. The predicted octanol–water partition coefficient (Wildman–Crippen LogP) is 3.74. The van der Waals surface area contributed by atoms with Crippen LogP contribution in [0.5, 0.6) is 0 Å². The first kappa shape index (κ1) is 16.2. The third kappa shape index (κ3) is 4.30. The molecule has 0 heterocycles. The highest BCUT2D eigenvalue weighted by atomic mass is 32.1. The largest absolute Gasteiger partial charge is 0.382 e. The van der Waals surface area contributed by atoms with E-state index in [2.05, 4.69) is 26.1 Å². The van der Waals surface area contributed by atoms with Crippen LogP contribution >= 0.6 is 12.2 Å². The van der Waals surface area contributed by atoms with Gasteiger partial charge in [-0.3, -0.25) is 4.79 Å². The van der Waals surface area contributed by atoms with Gasteiger partial charge in [0.2, 0.25) is 5.43 Å². The van der Waals surface area contributed by atoms with Crippen LogP contribution in [-0.4, -0.2) is 20.1 Å². The maximum atomic E-state index is 11.8. The highest BCUT2D eigenvalue weighted by Crippen LogP contribution is 2.27. The second-order valence-corrected chi connectivity index (χ2v) is 6.76. The Morgan fingerprint density at radius 2 is 1.89 bits per heavy atom. The first-order valence-electron chi connectivity index (χ1n) is 7.06. The van der Waals surface area contributed by atoms with Crippen molar-refractivity contribution < 1.29 is 0 Å². The zero-order chi connectivity index (χ0) is 14.6. The van der Waals surface area contributed by atoms with E-state index >= 15 is 0 Å². The topological polar surface area (TPSA) is 32.3 Å². The van der Waals surface area contributed by atoms with Crippen molar-refractivity contribution in [2.75, 3.05) is 30.4 Å². The lowest BCUT2D eigenvalue weighted by atomic mass is 9.90. The zero-order valence-electron chi connectivity index (χ0n) is 12.8. The fourth-order valence-electron chi connectivity index (χ4n) is 2.20. The molecule has 0 amide bonds. The number of anilines is 2. The van der Waals surface area contributed by atoms with Crippen molar-refractivity contribution in [3.05, 3.63) is 14.7 Å². The Kier molecular flexibility index (Phi) is 5.53. The number of nitrogens with zero attached hydrogens (tertiary/aromatic N) is 1. The normalized spacial score (nSPS) is 11.8. The minimum absolute atomic E-state index is 0.0178. The standard InChI is InChI=1S/C15H26N2OS/c1-6-16-11-12(13(18)14(11)19)17(5)10-8-7-9-15(2,3)4/h16H,6-10H2,1-5H3. The molecule has 0 aliphatic heterocycles. The van der Waals surface area contributed by atoms with E-state index < -0.39 is 0 Å². The van der Waals surface area contributed by atoms with E-state index in [4.69, 9.17) is 12.2 Å². The number of rotatable bonds is 7. The van der Waals surface area contributed by atoms with Crippen LogP contribution in [0.15, 0.2) is 4.79 Å². The van der Waals surface area contributed by atoms with E-state index in [9.17, 15) is 4.79 Å². The second-order valence-electron chi connectivity index (χ2n) is 6.35. The molecule has 1 N–H and O–H groups in total. The van der Waals surface area contributed by atoms with Gasteiger partial charge in [0.1, 0.15) is 10.2 Å². The first-order valence-corrected chi connectivity index (χ1v) is 7.47. The summed E-state index contributed by atoms with van der Waals surface area (Å²) in [5, 5.41) is 3.18. The van der Waals surface area contributed by atoms with E-state index in [1.807, 2.05) is 18.9 Å². The van der Waals surface area contributed by atoms with E-state index in [1.54, 1.807) is 0 Å². The first-order chi connectivity index (χ1) is 8.78. The van der Waals surface area contributed by atoms with E-state index in [0.29, 0.717) is 9.93 Å². The van der Waals surface area contributed by atoms with Gasteiger partial charge in [0.15, 0.2) is 0 Å². The summed E-state index contributed by atoms with van der Waals surface area (Å²) in [4.78, 5) is 13.8. The van der Waals surface area contributed by atoms with Gasteiger partial charge in [0.05, 0.1) is 5.69 Å². The number of hydrogen-bond donors (Lipinski definition) is 1. The van der Waals surface area contributed by atoms with Gasteiger partial charge >= 0.3 is 0 Å². The molecule has 1 aromatic carbocycles. The van der Waals surface area contributed by atoms with Crippen molar-refractivity contribution in [3.63, 3.8) is 0 Å². The maximum absolute atomic E-state index is 11.8. The SMILES string of the molecule is CCNc1c(N(C)CCCCC(C)(C)C)c(=O)c1=S. The van der Waals surface area contributed by atoms with Crippen molar-refractivity contribution in [3.8, 4) is 0 Å². The summed E-state index contributed by atoms with van der Waals surface area (Å²) in [7, 11) is 1.98. The van der Waals surface area contributed by atoms with Gasteiger partial charge in [0, 0.05) is 20.1 Å². The van der Waals surface area contributed by atoms with Crippen LogP contribution in [0.2, 0.25) is 0 Å². The molecule has 19 heavy (non-hydrogen) atoms. The minimum atomic E-state index is 0.0178. The van der Waals surface area contributed by atoms with Crippen LogP contribution in [-0.2, 0) is 0 Å². The lowest BCUT2D eigenvalue weighted by molar-refractivity contribution is 0.361. The van der Waals surface area contributed by atoms with Crippen molar-refractivity contribution in [2.45, 2.75) is 47.0 Å². The van der Waals surface area contributed by atoms with Crippen molar-refractivity contribution >= 4 is 23.6 Å². The van der Waals surface area contributed by atoms with Gasteiger partial charge in [-0.2, -0.15) is 0 Å². The summed E-state index contributed by atoms with van der Waals surface area (Å²) in [6.45, 7) is 10.5. The highest BCUT2D eigenvalue weighted by molar-refractivity contribution is 7.71. The average Bonchev–Trinajstić information content (AvgIpc) is 2.32. The van der Waals surface area contributed by atoms with Gasteiger partial charge in [-0.25, -0.2) is 0 Å². The molecular formula is C15H26N2OS. The quantitative estimate of drug-likeness (QED) is 0.610. The lowest BCUT2D eigenvalue weighted by Gasteiger charge is -2.25. The maximum Gasteiger partial charge on any atom is 0.224 e. The van der Waals surface area contributed by atoms with Gasteiger partial charge in [-0.1, -0.05) is 39.4 Å². The third-order valence-corrected chi connectivity index (χ3v) is 3.68. The molecule has 4 heteroatoms. The summed E-state index contributed by atoms with van der Waals surface area (Å²) in [5.74, 6) is 0. The molecule has 0 saturated carbocycles. The average molecular weight is 282 g/mol. The molecule has 108 valence electrons. The van der Waals surface area contributed by atoms with E-state index in [-0.39, 0.29) is 5.43 Å². The lowest BCUT2D eigenvalue weighted by Crippen LogP contribution is -2.30. The van der Waals surface area contributed by atoms with Crippen LogP contribution in [0.25, 0.3) is 0 Å². The molecule has 0 aliphatic rings. The zero-order valence-corrected chi connectivity index (χ0v) is 13.6. The van der Waals surface area contributed by atoms with E-state index in [1.165, 1.54) is 12.8 Å². The van der Waals surface area contributed by atoms with Gasteiger partial charge in [-0.05, 0) is 25.2 Å². The Morgan fingerprint density at radius 3 is 2.42 bits per heavy atom. The number of nitrogens with one attached hydrogen (secondary N) is 1. The van der Waals surface area contributed by atoms with Gasteiger partial charge in [-0.15, -0.1) is 0 Å². The van der Waals surface area contributed by atoms with Gasteiger partial charge in [0.25, 0.3) is 0 Å². The summed E-state index contributed by atoms with van der Waals surface area (Å²) < 4.78 is 0.457. The Bertz CT molecular complexity index is 481. The van der Waals surface area contributed by atoms with Crippen LogP contribution < -0.4 is 15.6 Å². The van der Waals surface area contributed by atoms with Crippen molar-refractivity contribution in [2.24, 2.45) is 5.41 Å². The number of unbranched alkanes of at least 4 members (excludes halogenated alkanes) is 1. The third-order valence-electron chi connectivity index (χ3n) is 3.29. The molecule has 0 aromatic heterocycles. The Balaban J connectivity index is 2.51. The molecular weight excluding hydrogens is 256 g/mol. The summed E-state index contributed by atoms with van der Waals surface area (Å²) >= 11 is 5.08. The predicted molar refractivity (Wildman–Crippen MR) is 86.7 cm³/mol. The van der Waals surface area contributed by atoms with Crippen LogP contribution in [0, 0.1) is 9.93 Å². The molecule has 0 bridgehead atoms. The molecule has 3 nitrogen and oxygen atoms in total. The summed E-state index contributed by atoms with van der Waals surface area (Å²) in [6.07, 6.45) is 3.51. The van der Waals surface area contributed by atoms with Gasteiger partial charge < -0.3 is 10.2 Å². The Morgan fingerprint density at radius 1 is 1.26 bits per heavy atom. The Labute approximate surface area is 121 Å². The summed E-state index contributed by atoms with van der Waals surface area (Å²) in [5.41, 5.74) is 2.04. The molecule has 0 saturated heterocycles. The van der Waals surface area contributed by atoms with Crippen LogP contribution in [0.4, 0.5) is 11.4 Å². The van der Waals surface area contributed by atoms with Crippen molar-refractivity contribution in [1.29, 1.82) is 0 Å². The second kappa shape index (κ2) is 6.51. The van der Waals surface area contributed by atoms with Crippen LogP contribution in [0.1, 0.15) is 47.0 Å². The van der Waals surface area contributed by atoms with Crippen LogP contribution in [0.3, 0.4) is 0 Å². The smallest absolute Gasteiger partial charge is 0.224 e. The minimum Gasteiger partial charge on any atom is -0.382 e. The molecule has 0 aliphatic carbocycles. The molecule has 0 spiro atoms. The molecule has 0 unspecified atom stereocenters. The molecule has 0 radical (unpaired) electrons. The molecule has 0 fully saturated rings. The van der Waals surface area contributed by atoms with Crippen molar-refractivity contribution in [1.82, 2.24) is 0 Å². The molecule has 0 atom stereocenters. The highest BCUT2D eigenvalue weighted by Gasteiger charge is 2.20. The van der Waals surface area contributed by atoms with E-state index in [0.717, 1.165) is 30.9 Å². The fraction of sp³-hybridized carbons (Fsp3) is 0.733. The number of hydrogen-bond acceptors (Lipinski definition) is 4. The Hall–Kier alpha value is -0.900. The summed E-state index contributed by atoms with van der Waals surface area (Å²) in [6, 6.07) is 0. The fourth-order valence-corrected chi connectivity index (χ4v) is 2.47. The molecule has 1 aromatic rings. The molecule has 1 rings (SSSR count).